The molecule has 0 bridgehead atoms. The number of halogens is 3. The molecule has 2 aliphatic rings. The molecule has 0 spiro atoms. The Morgan fingerprint density at radius 1 is 1.14 bits per heavy atom. The molecule has 0 aromatic carbocycles. The van der Waals surface area contributed by atoms with Crippen LogP contribution in [-0.2, 0) is 14.6 Å². The lowest BCUT2D eigenvalue weighted by Gasteiger charge is -2.35. The number of rotatable bonds is 3. The van der Waals surface area contributed by atoms with E-state index in [1.54, 1.807) is 0 Å². The third-order valence-electron chi connectivity index (χ3n) is 3.89. The molecule has 2 aliphatic heterocycles. The molecule has 2 saturated heterocycles. The third kappa shape index (κ3) is 4.84. The first-order valence-electron chi connectivity index (χ1n) is 6.97. The van der Waals surface area contributed by atoms with Crippen LogP contribution in [0.5, 0.6) is 0 Å². The van der Waals surface area contributed by atoms with Gasteiger partial charge in [0, 0.05) is 6.04 Å². The first-order valence-corrected chi connectivity index (χ1v) is 8.79. The van der Waals surface area contributed by atoms with Gasteiger partial charge in [-0.3, -0.25) is 9.69 Å². The molecule has 122 valence electrons. The second kappa shape index (κ2) is 6.12. The first kappa shape index (κ1) is 16.5. The number of likely N-dealkylation sites (tertiary alicyclic amines) is 1. The van der Waals surface area contributed by atoms with Gasteiger partial charge in [0.25, 0.3) is 0 Å². The molecule has 0 saturated carbocycles. The van der Waals surface area contributed by atoms with Crippen molar-refractivity contribution in [3.8, 4) is 0 Å². The lowest BCUT2D eigenvalue weighted by Crippen LogP contribution is -2.52. The number of hydrogen-bond acceptors (Lipinski definition) is 4. The number of amides is 1. The van der Waals surface area contributed by atoms with Crippen LogP contribution >= 0.6 is 0 Å². The summed E-state index contributed by atoms with van der Waals surface area (Å²) < 4.78 is 60.1. The minimum Gasteiger partial charge on any atom is -0.350 e. The summed E-state index contributed by atoms with van der Waals surface area (Å²) >= 11 is 0. The van der Waals surface area contributed by atoms with Crippen molar-refractivity contribution in [3.05, 3.63) is 0 Å². The van der Waals surface area contributed by atoms with E-state index in [9.17, 15) is 26.4 Å². The summed E-state index contributed by atoms with van der Waals surface area (Å²) in [4.78, 5) is 13.4. The number of hydrogen-bond donors (Lipinski definition) is 1. The molecule has 2 fully saturated rings. The summed E-state index contributed by atoms with van der Waals surface area (Å²) in [7, 11) is -3.32. The van der Waals surface area contributed by atoms with Crippen molar-refractivity contribution in [2.24, 2.45) is 0 Å². The Morgan fingerprint density at radius 3 is 2.33 bits per heavy atom. The Bertz CT molecular complexity index is 486. The van der Waals surface area contributed by atoms with Gasteiger partial charge in [-0.15, -0.1) is 0 Å². The first-order chi connectivity index (χ1) is 9.66. The van der Waals surface area contributed by atoms with E-state index in [-0.39, 0.29) is 11.5 Å². The van der Waals surface area contributed by atoms with Crippen LogP contribution in [0.4, 0.5) is 13.2 Å². The maximum absolute atomic E-state index is 12.2. The zero-order valence-corrected chi connectivity index (χ0v) is 12.3. The molecule has 2 rings (SSSR count). The van der Waals surface area contributed by atoms with Crippen LogP contribution in [0.2, 0.25) is 0 Å². The third-order valence-corrected chi connectivity index (χ3v) is 5.61. The number of carbonyl (C=O) groups excluding carboxylic acids is 1. The van der Waals surface area contributed by atoms with E-state index >= 15 is 0 Å². The highest BCUT2D eigenvalue weighted by Gasteiger charge is 2.43. The van der Waals surface area contributed by atoms with E-state index in [0.717, 1.165) is 32.4 Å². The molecule has 0 aromatic rings. The van der Waals surface area contributed by atoms with E-state index in [1.165, 1.54) is 0 Å². The van der Waals surface area contributed by atoms with E-state index in [0.29, 0.717) is 0 Å². The minimum absolute atomic E-state index is 0.0933. The van der Waals surface area contributed by atoms with Crippen LogP contribution in [0.3, 0.4) is 0 Å². The highest BCUT2D eigenvalue weighted by molar-refractivity contribution is 7.91. The largest absolute Gasteiger partial charge is 0.397 e. The molecular weight excluding hydrogens is 309 g/mol. The van der Waals surface area contributed by atoms with Crippen LogP contribution in [0.15, 0.2) is 0 Å². The second-order valence-corrected chi connectivity index (χ2v) is 7.86. The number of sulfone groups is 1. The molecule has 9 heteroatoms. The average Bonchev–Trinajstić information content (AvgIpc) is 2.63. The Labute approximate surface area is 121 Å². The Morgan fingerprint density at radius 2 is 1.76 bits per heavy atom. The lowest BCUT2D eigenvalue weighted by molar-refractivity contribution is -0.154. The summed E-state index contributed by atoms with van der Waals surface area (Å²) in [6.07, 6.45) is -3.20. The second-order valence-electron chi connectivity index (χ2n) is 5.71. The average molecular weight is 328 g/mol. The van der Waals surface area contributed by atoms with Crippen molar-refractivity contribution in [1.82, 2.24) is 10.2 Å². The summed E-state index contributed by atoms with van der Waals surface area (Å²) in [5.74, 6) is -1.53. The van der Waals surface area contributed by atoms with Gasteiger partial charge in [-0.1, -0.05) is 6.42 Å². The topological polar surface area (TPSA) is 66.5 Å². The fourth-order valence-corrected chi connectivity index (χ4v) is 4.97. The van der Waals surface area contributed by atoms with Crippen molar-refractivity contribution >= 4 is 15.7 Å². The van der Waals surface area contributed by atoms with E-state index in [1.807, 2.05) is 4.90 Å². The Hall–Kier alpha value is -0.830. The van der Waals surface area contributed by atoms with Crippen molar-refractivity contribution in [3.63, 3.8) is 0 Å². The molecule has 21 heavy (non-hydrogen) atoms. The molecule has 0 radical (unpaired) electrons. The van der Waals surface area contributed by atoms with Gasteiger partial charge in [-0.25, -0.2) is 8.42 Å². The number of carbonyl (C=O) groups is 1. The summed E-state index contributed by atoms with van der Waals surface area (Å²) in [5.41, 5.74) is 0. The van der Waals surface area contributed by atoms with Gasteiger partial charge in [-0.05, 0) is 25.9 Å². The van der Waals surface area contributed by atoms with Gasteiger partial charge in [0.1, 0.15) is 6.42 Å². The molecule has 0 aromatic heterocycles. The molecule has 0 unspecified atom stereocenters. The monoisotopic (exact) mass is 328 g/mol. The zero-order chi connectivity index (χ0) is 15.7. The maximum atomic E-state index is 12.2. The van der Waals surface area contributed by atoms with Gasteiger partial charge >= 0.3 is 6.18 Å². The van der Waals surface area contributed by atoms with E-state index < -0.39 is 40.4 Å². The molecular formula is C12H19F3N2O3S. The number of piperidine rings is 1. The summed E-state index contributed by atoms with van der Waals surface area (Å²) in [5, 5.41) is 2.26. The Balaban J connectivity index is 2.02. The minimum atomic E-state index is -4.58. The van der Waals surface area contributed by atoms with Crippen LogP contribution in [0, 0.1) is 0 Å². The normalized spacial score (nSPS) is 30.2. The van der Waals surface area contributed by atoms with Crippen LogP contribution < -0.4 is 5.32 Å². The lowest BCUT2D eigenvalue weighted by atomic mass is 10.0. The van der Waals surface area contributed by atoms with E-state index in [2.05, 4.69) is 5.32 Å². The smallest absolute Gasteiger partial charge is 0.350 e. The van der Waals surface area contributed by atoms with E-state index in [4.69, 9.17) is 0 Å². The quantitative estimate of drug-likeness (QED) is 0.828. The maximum Gasteiger partial charge on any atom is 0.397 e. The van der Waals surface area contributed by atoms with Crippen LogP contribution in [0.1, 0.15) is 25.7 Å². The summed E-state index contributed by atoms with van der Waals surface area (Å²) in [6, 6.07) is -1.16. The van der Waals surface area contributed by atoms with Crippen molar-refractivity contribution < 1.29 is 26.4 Å². The van der Waals surface area contributed by atoms with Gasteiger partial charge in [0.2, 0.25) is 5.91 Å². The van der Waals surface area contributed by atoms with Gasteiger partial charge in [0.15, 0.2) is 9.84 Å². The van der Waals surface area contributed by atoms with Crippen molar-refractivity contribution in [2.45, 2.75) is 43.9 Å². The van der Waals surface area contributed by atoms with Crippen LogP contribution in [-0.4, -0.2) is 62.1 Å². The van der Waals surface area contributed by atoms with Crippen LogP contribution in [0.25, 0.3) is 0 Å². The zero-order valence-electron chi connectivity index (χ0n) is 11.5. The molecule has 5 nitrogen and oxygen atoms in total. The van der Waals surface area contributed by atoms with Crippen molar-refractivity contribution in [2.75, 3.05) is 24.6 Å². The van der Waals surface area contributed by atoms with Gasteiger partial charge in [0.05, 0.1) is 17.5 Å². The number of alkyl halides is 3. The fraction of sp³-hybridized carbons (Fsp3) is 0.917. The predicted molar refractivity (Wildman–Crippen MR) is 70.5 cm³/mol. The number of nitrogens with one attached hydrogen (secondary N) is 1. The van der Waals surface area contributed by atoms with Crippen molar-refractivity contribution in [1.29, 1.82) is 0 Å². The molecule has 1 amide bonds. The molecule has 2 heterocycles. The standard InChI is InChI=1S/C12H19F3N2O3S/c13-12(14,15)6-11(18)16-9-7-21(19,20)8-10(9)17-4-2-1-3-5-17/h9-10H,1-8H2,(H,16,18)/t9-,10+/m0/s1. The highest BCUT2D eigenvalue weighted by Crippen LogP contribution is 2.24. The Kier molecular flexibility index (Phi) is 4.82. The summed E-state index contributed by atoms with van der Waals surface area (Å²) in [6.45, 7) is 1.46. The molecule has 0 aliphatic carbocycles. The van der Waals surface area contributed by atoms with Gasteiger partial charge < -0.3 is 5.32 Å². The fourth-order valence-electron chi connectivity index (χ4n) is 3.02. The SMILES string of the molecule is O=C(CC(F)(F)F)N[C@H]1CS(=O)(=O)C[C@H]1N1CCCCC1. The predicted octanol–water partition coefficient (Wildman–Crippen LogP) is 0.706. The highest BCUT2D eigenvalue weighted by atomic mass is 32.2. The molecule has 1 N–H and O–H groups in total. The number of nitrogens with zero attached hydrogens (tertiary/aromatic N) is 1. The molecule has 2 atom stereocenters. The van der Waals surface area contributed by atoms with Gasteiger partial charge in [-0.2, -0.15) is 13.2 Å².